The molecule has 0 aliphatic carbocycles. The Morgan fingerprint density at radius 2 is 1.78 bits per heavy atom. The van der Waals surface area contributed by atoms with Crippen LogP contribution in [0.5, 0.6) is 0 Å². The fourth-order valence-electron chi connectivity index (χ4n) is 4.70. The maximum Gasteiger partial charge on any atom is 0.133 e. The maximum atomic E-state index is 15.2. The Hall–Kier alpha value is -3.10. The molecule has 1 aliphatic rings. The van der Waals surface area contributed by atoms with Gasteiger partial charge in [0, 0.05) is 48.4 Å². The van der Waals surface area contributed by atoms with E-state index in [0.717, 1.165) is 18.7 Å². The highest BCUT2D eigenvalue weighted by atomic mass is 35.5. The number of nitrogens with one attached hydrogen (secondary N) is 1. The van der Waals surface area contributed by atoms with Gasteiger partial charge in [0.25, 0.3) is 0 Å². The van der Waals surface area contributed by atoms with Crippen LogP contribution >= 0.6 is 11.6 Å². The van der Waals surface area contributed by atoms with Crippen molar-refractivity contribution in [2.75, 3.05) is 38.2 Å². The Bertz CT molecular complexity index is 1390. The second-order valence-electron chi connectivity index (χ2n) is 9.27. The molecule has 37 heavy (non-hydrogen) atoms. The third-order valence-corrected chi connectivity index (χ3v) is 7.07. The molecule has 2 N–H and O–H groups in total. The molecule has 192 valence electrons. The fraction of sp³-hybridized carbons (Fsp3) is 0.276. The van der Waals surface area contributed by atoms with Crippen molar-refractivity contribution in [1.29, 1.82) is 0 Å². The van der Waals surface area contributed by atoms with Crippen molar-refractivity contribution in [3.8, 4) is 11.1 Å². The van der Waals surface area contributed by atoms with Crippen molar-refractivity contribution in [2.24, 2.45) is 0 Å². The van der Waals surface area contributed by atoms with Gasteiger partial charge in [0.05, 0.1) is 41.6 Å². The Morgan fingerprint density at radius 3 is 2.51 bits per heavy atom. The van der Waals surface area contributed by atoms with Gasteiger partial charge < -0.3 is 15.2 Å². The lowest BCUT2D eigenvalue weighted by Crippen LogP contribution is -2.38. The number of pyridine rings is 1. The lowest BCUT2D eigenvalue weighted by atomic mass is 9.99. The lowest BCUT2D eigenvalue weighted by Gasteiger charge is -2.28. The van der Waals surface area contributed by atoms with Gasteiger partial charge in [-0.2, -0.15) is 0 Å². The Morgan fingerprint density at radius 1 is 1.05 bits per heavy atom. The van der Waals surface area contributed by atoms with Crippen molar-refractivity contribution in [2.45, 2.75) is 19.1 Å². The first-order valence-corrected chi connectivity index (χ1v) is 12.7. The van der Waals surface area contributed by atoms with E-state index in [1.54, 1.807) is 36.4 Å². The van der Waals surface area contributed by atoms with Crippen molar-refractivity contribution in [3.05, 3.63) is 94.6 Å². The summed E-state index contributed by atoms with van der Waals surface area (Å²) < 4.78 is 34.9. The summed E-state index contributed by atoms with van der Waals surface area (Å²) in [6, 6.07) is 16.5. The van der Waals surface area contributed by atoms with Crippen LogP contribution in [0.2, 0.25) is 5.02 Å². The van der Waals surface area contributed by atoms with Crippen LogP contribution in [0.4, 0.5) is 14.5 Å². The number of benzene rings is 3. The molecule has 0 bridgehead atoms. The van der Waals surface area contributed by atoms with E-state index < -0.39 is 11.9 Å². The van der Waals surface area contributed by atoms with E-state index in [-0.39, 0.29) is 11.9 Å². The van der Waals surface area contributed by atoms with Gasteiger partial charge in [-0.1, -0.05) is 54.1 Å². The summed E-state index contributed by atoms with van der Waals surface area (Å²) in [6.07, 6.45) is 0.816. The van der Waals surface area contributed by atoms with Gasteiger partial charge in [0.2, 0.25) is 0 Å². The number of hydrogen-bond acceptors (Lipinski definition) is 5. The first-order chi connectivity index (χ1) is 17.9. The van der Waals surface area contributed by atoms with Crippen molar-refractivity contribution < 1.29 is 18.6 Å². The standard InChI is InChI=1S/C29H28ClF2N3O2/c1-18(21-4-2-3-5-25(21)31)34-29-23-14-22(26(32)15-27(23)33-16-24(29)30)19-6-8-20(9-7-19)28(36)17-35-10-12-37-13-11-35/h2-9,14-16,18,28,36H,10-13,17H2,1H3,(H,33,34). The van der Waals surface area contributed by atoms with E-state index in [0.29, 0.717) is 58.1 Å². The van der Waals surface area contributed by atoms with Crippen molar-refractivity contribution >= 4 is 28.2 Å². The van der Waals surface area contributed by atoms with Crippen LogP contribution < -0.4 is 5.32 Å². The van der Waals surface area contributed by atoms with Gasteiger partial charge in [-0.25, -0.2) is 8.78 Å². The first kappa shape index (κ1) is 25.5. The number of morpholine rings is 1. The molecule has 5 nitrogen and oxygen atoms in total. The number of hydrogen-bond donors (Lipinski definition) is 2. The molecule has 0 radical (unpaired) electrons. The minimum atomic E-state index is -0.646. The predicted octanol–water partition coefficient (Wildman–Crippen LogP) is 6.37. The van der Waals surface area contributed by atoms with Gasteiger partial charge in [0.1, 0.15) is 11.6 Å². The molecule has 0 amide bonds. The Labute approximate surface area is 219 Å². The van der Waals surface area contributed by atoms with Gasteiger partial charge in [-0.3, -0.25) is 9.88 Å². The molecule has 3 aromatic carbocycles. The summed E-state index contributed by atoms with van der Waals surface area (Å²) in [5.74, 6) is -0.739. The average Bonchev–Trinajstić information content (AvgIpc) is 2.91. The Kier molecular flexibility index (Phi) is 7.67. The zero-order chi connectivity index (χ0) is 25.9. The molecular formula is C29H28ClF2N3O2. The molecule has 0 saturated carbocycles. The number of ether oxygens (including phenoxy) is 1. The van der Waals surface area contributed by atoms with Crippen LogP contribution in [0.3, 0.4) is 0 Å². The van der Waals surface area contributed by atoms with Gasteiger partial charge in [-0.05, 0) is 30.2 Å². The second kappa shape index (κ2) is 11.1. The third kappa shape index (κ3) is 5.60. The summed E-state index contributed by atoms with van der Waals surface area (Å²) in [5, 5.41) is 15.0. The number of nitrogens with zero attached hydrogens (tertiary/aromatic N) is 2. The predicted molar refractivity (Wildman–Crippen MR) is 143 cm³/mol. The number of β-amino-alcohol motifs (C(OH)–C–C–N with tert-alkyl or cyclic N) is 1. The molecule has 2 heterocycles. The molecular weight excluding hydrogens is 496 g/mol. The normalized spacial score (nSPS) is 16.0. The molecule has 8 heteroatoms. The first-order valence-electron chi connectivity index (χ1n) is 12.3. The van der Waals surface area contributed by atoms with E-state index in [9.17, 15) is 9.50 Å². The van der Waals surface area contributed by atoms with Crippen LogP contribution in [0.15, 0.2) is 66.9 Å². The zero-order valence-electron chi connectivity index (χ0n) is 20.4. The highest BCUT2D eigenvalue weighted by Crippen LogP contribution is 2.37. The molecule has 4 aromatic rings. The molecule has 1 aromatic heterocycles. The number of aliphatic hydroxyl groups is 1. The zero-order valence-corrected chi connectivity index (χ0v) is 21.2. The fourth-order valence-corrected chi connectivity index (χ4v) is 4.90. The van der Waals surface area contributed by atoms with E-state index in [1.165, 1.54) is 18.3 Å². The summed E-state index contributed by atoms with van der Waals surface area (Å²) in [4.78, 5) is 6.46. The topological polar surface area (TPSA) is 57.6 Å². The van der Waals surface area contributed by atoms with Crippen LogP contribution in [-0.4, -0.2) is 47.8 Å². The largest absolute Gasteiger partial charge is 0.387 e. The molecule has 1 fully saturated rings. The minimum Gasteiger partial charge on any atom is -0.387 e. The van der Waals surface area contributed by atoms with Crippen molar-refractivity contribution in [1.82, 2.24) is 9.88 Å². The maximum absolute atomic E-state index is 15.2. The summed E-state index contributed by atoms with van der Waals surface area (Å²) in [6.45, 7) is 5.28. The SMILES string of the molecule is CC(Nc1c(Cl)cnc2cc(F)c(-c3ccc(C(O)CN4CCOCC4)cc3)cc12)c1ccccc1F. The molecule has 5 rings (SSSR count). The molecule has 1 saturated heterocycles. The average molecular weight is 524 g/mol. The number of aromatic nitrogens is 1. The van der Waals surface area contributed by atoms with Gasteiger partial charge >= 0.3 is 0 Å². The molecule has 2 atom stereocenters. The number of rotatable bonds is 7. The molecule has 2 unspecified atom stereocenters. The van der Waals surface area contributed by atoms with E-state index in [4.69, 9.17) is 16.3 Å². The van der Waals surface area contributed by atoms with Gasteiger partial charge in [0.15, 0.2) is 0 Å². The van der Waals surface area contributed by atoms with Crippen LogP contribution in [0.1, 0.15) is 30.2 Å². The van der Waals surface area contributed by atoms with Crippen LogP contribution in [-0.2, 0) is 4.74 Å². The smallest absolute Gasteiger partial charge is 0.133 e. The van der Waals surface area contributed by atoms with Crippen molar-refractivity contribution in [3.63, 3.8) is 0 Å². The molecule has 0 spiro atoms. The van der Waals surface area contributed by atoms with Gasteiger partial charge in [-0.15, -0.1) is 0 Å². The number of halogens is 3. The summed E-state index contributed by atoms with van der Waals surface area (Å²) in [7, 11) is 0. The lowest BCUT2D eigenvalue weighted by molar-refractivity contribution is 0.0143. The van der Waals surface area contributed by atoms with E-state index in [2.05, 4.69) is 15.2 Å². The molecule has 1 aliphatic heterocycles. The van der Waals surface area contributed by atoms with E-state index >= 15 is 4.39 Å². The number of anilines is 1. The second-order valence-corrected chi connectivity index (χ2v) is 9.68. The van der Waals surface area contributed by atoms with Crippen LogP contribution in [0.25, 0.3) is 22.0 Å². The number of fused-ring (bicyclic) bond motifs is 1. The Balaban J connectivity index is 1.44. The number of aliphatic hydroxyl groups excluding tert-OH is 1. The summed E-state index contributed by atoms with van der Waals surface area (Å²) >= 11 is 6.50. The van der Waals surface area contributed by atoms with E-state index in [1.807, 2.05) is 19.1 Å². The summed E-state index contributed by atoms with van der Waals surface area (Å²) in [5.41, 5.74) is 3.30. The minimum absolute atomic E-state index is 0.320. The third-order valence-electron chi connectivity index (χ3n) is 6.78. The van der Waals surface area contributed by atoms with Crippen LogP contribution in [0, 0.1) is 11.6 Å². The highest BCUT2D eigenvalue weighted by molar-refractivity contribution is 6.34. The highest BCUT2D eigenvalue weighted by Gasteiger charge is 2.19. The quantitative estimate of drug-likeness (QED) is 0.295. The monoisotopic (exact) mass is 523 g/mol.